The van der Waals surface area contributed by atoms with Crippen LogP contribution >= 0.6 is 22.7 Å². The highest BCUT2D eigenvalue weighted by Crippen LogP contribution is 2.40. The number of sulfonamides is 1. The fraction of sp³-hybridized carbons (Fsp3) is 0.231. The molecule has 1 fully saturated rings. The van der Waals surface area contributed by atoms with E-state index >= 15 is 0 Å². The molecule has 0 amide bonds. The van der Waals surface area contributed by atoms with Gasteiger partial charge in [-0.15, -0.1) is 22.7 Å². The zero-order valence-electron chi connectivity index (χ0n) is 19.2. The number of hydrogen-bond donors (Lipinski definition) is 0. The number of rotatable bonds is 6. The highest BCUT2D eigenvalue weighted by Gasteiger charge is 2.32. The van der Waals surface area contributed by atoms with E-state index < -0.39 is 10.0 Å². The van der Waals surface area contributed by atoms with Gasteiger partial charge in [0.1, 0.15) is 5.82 Å². The lowest BCUT2D eigenvalue weighted by molar-refractivity contribution is 0.477. The first-order chi connectivity index (χ1) is 17.5. The summed E-state index contributed by atoms with van der Waals surface area (Å²) in [4.78, 5) is 6.27. The highest BCUT2D eigenvalue weighted by molar-refractivity contribution is 7.89. The first-order valence-electron chi connectivity index (χ1n) is 11.7. The third kappa shape index (κ3) is 4.39. The predicted molar refractivity (Wildman–Crippen MR) is 143 cm³/mol. The van der Waals surface area contributed by atoms with Gasteiger partial charge in [-0.25, -0.2) is 22.8 Å². The van der Waals surface area contributed by atoms with Gasteiger partial charge in [0.15, 0.2) is 0 Å². The molecule has 0 spiro atoms. The van der Waals surface area contributed by atoms with Crippen LogP contribution in [0.2, 0.25) is 0 Å². The van der Waals surface area contributed by atoms with Crippen LogP contribution in [0.1, 0.15) is 35.7 Å². The lowest BCUT2D eigenvalue weighted by Gasteiger charge is -2.21. The lowest BCUT2D eigenvalue weighted by atomic mass is 10.0. The van der Waals surface area contributed by atoms with Crippen LogP contribution in [0.5, 0.6) is 0 Å². The molecule has 4 aromatic rings. The third-order valence-corrected chi connectivity index (χ3v) is 10.2. The minimum absolute atomic E-state index is 0.0883. The second kappa shape index (κ2) is 9.51. The molecule has 6 nitrogen and oxygen atoms in total. The molecule has 0 bridgehead atoms. The fourth-order valence-corrected chi connectivity index (χ4v) is 7.67. The standard InChI is InChI=1S/C26H23FN4O2S3/c27-20-9-5-19(6-10-20)24-16-22(25-4-3-15-34-25)29-31(24)26-28-23(17-35-26)18-7-11-21(12-8-18)36(32,33)30-13-1-2-14-30/h3-12,15,17,24H,1-2,13-14,16H2. The predicted octanol–water partition coefficient (Wildman–Crippen LogP) is 6.15. The molecule has 1 saturated heterocycles. The van der Waals surface area contributed by atoms with E-state index in [1.165, 1.54) is 23.5 Å². The first-order valence-corrected chi connectivity index (χ1v) is 14.9. The van der Waals surface area contributed by atoms with Crippen molar-refractivity contribution in [2.45, 2.75) is 30.2 Å². The Kier molecular flexibility index (Phi) is 6.20. The minimum atomic E-state index is -3.45. The Morgan fingerprint density at radius 1 is 0.944 bits per heavy atom. The molecule has 2 aromatic heterocycles. The van der Waals surface area contributed by atoms with E-state index in [0.29, 0.717) is 24.4 Å². The third-order valence-electron chi connectivity index (χ3n) is 6.51. The number of hydrazone groups is 1. The number of anilines is 1. The molecule has 0 N–H and O–H groups in total. The van der Waals surface area contributed by atoms with Crippen LogP contribution in [0, 0.1) is 5.82 Å². The van der Waals surface area contributed by atoms with Crippen LogP contribution in [0.4, 0.5) is 9.52 Å². The Morgan fingerprint density at radius 2 is 1.69 bits per heavy atom. The van der Waals surface area contributed by atoms with Crippen LogP contribution in [0.25, 0.3) is 11.3 Å². The van der Waals surface area contributed by atoms with Crippen molar-refractivity contribution in [3.05, 3.63) is 87.7 Å². The maximum absolute atomic E-state index is 13.6. The Balaban J connectivity index is 1.29. The average molecular weight is 539 g/mol. The molecular formula is C26H23FN4O2S3. The topological polar surface area (TPSA) is 65.9 Å². The highest BCUT2D eigenvalue weighted by atomic mass is 32.2. The quantitative estimate of drug-likeness (QED) is 0.295. The zero-order chi connectivity index (χ0) is 24.7. The van der Waals surface area contributed by atoms with E-state index in [1.54, 1.807) is 39.9 Å². The van der Waals surface area contributed by atoms with E-state index in [4.69, 9.17) is 10.1 Å². The summed E-state index contributed by atoms with van der Waals surface area (Å²) < 4.78 is 40.8. The van der Waals surface area contributed by atoms with E-state index in [2.05, 4.69) is 6.07 Å². The molecule has 10 heteroatoms. The number of halogens is 1. The molecule has 2 aliphatic heterocycles. The molecule has 6 rings (SSSR count). The van der Waals surface area contributed by atoms with E-state index in [1.807, 2.05) is 34.0 Å². The summed E-state index contributed by atoms with van der Waals surface area (Å²) in [6.07, 6.45) is 2.51. The number of benzene rings is 2. The van der Waals surface area contributed by atoms with Gasteiger partial charge in [0, 0.05) is 30.5 Å². The molecule has 4 heterocycles. The minimum Gasteiger partial charge on any atom is -0.231 e. The molecular weight excluding hydrogens is 516 g/mol. The van der Waals surface area contributed by atoms with Gasteiger partial charge < -0.3 is 0 Å². The number of aromatic nitrogens is 1. The number of thiophene rings is 1. The van der Waals surface area contributed by atoms with Gasteiger partial charge in [-0.1, -0.05) is 30.3 Å². The van der Waals surface area contributed by atoms with Crippen molar-refractivity contribution in [1.82, 2.24) is 9.29 Å². The van der Waals surface area contributed by atoms with Crippen molar-refractivity contribution in [2.24, 2.45) is 5.10 Å². The summed E-state index contributed by atoms with van der Waals surface area (Å²) in [5.74, 6) is -0.269. The molecule has 2 aromatic carbocycles. The smallest absolute Gasteiger partial charge is 0.231 e. The Labute approximate surface area is 217 Å². The van der Waals surface area contributed by atoms with Crippen molar-refractivity contribution < 1.29 is 12.8 Å². The van der Waals surface area contributed by atoms with Crippen molar-refractivity contribution in [3.63, 3.8) is 0 Å². The summed E-state index contributed by atoms with van der Waals surface area (Å²) in [7, 11) is -3.45. The van der Waals surface area contributed by atoms with Crippen LogP contribution in [0.15, 0.2) is 81.4 Å². The van der Waals surface area contributed by atoms with Crippen LogP contribution in [0.3, 0.4) is 0 Å². The molecule has 1 atom stereocenters. The monoisotopic (exact) mass is 538 g/mol. The summed E-state index contributed by atoms with van der Waals surface area (Å²) in [5.41, 5.74) is 3.56. The van der Waals surface area contributed by atoms with Crippen molar-refractivity contribution >= 4 is 43.5 Å². The van der Waals surface area contributed by atoms with E-state index in [-0.39, 0.29) is 11.9 Å². The summed E-state index contributed by atoms with van der Waals surface area (Å²) in [5, 5.41) is 11.6. The maximum atomic E-state index is 13.6. The van der Waals surface area contributed by atoms with Gasteiger partial charge >= 0.3 is 0 Å². The molecule has 36 heavy (non-hydrogen) atoms. The van der Waals surface area contributed by atoms with Gasteiger partial charge in [-0.3, -0.25) is 0 Å². The average Bonchev–Trinajstić information content (AvgIpc) is 3.70. The molecule has 0 saturated carbocycles. The molecule has 0 aliphatic carbocycles. The number of thiazole rings is 1. The van der Waals surface area contributed by atoms with Crippen LogP contribution in [-0.2, 0) is 10.0 Å². The number of nitrogens with zero attached hydrogens (tertiary/aromatic N) is 4. The van der Waals surface area contributed by atoms with Gasteiger partial charge in [0.25, 0.3) is 0 Å². The van der Waals surface area contributed by atoms with Gasteiger partial charge in [-0.2, -0.15) is 9.41 Å². The molecule has 1 unspecified atom stereocenters. The fourth-order valence-electron chi connectivity index (χ4n) is 4.60. The normalized spacial score (nSPS) is 18.6. The number of hydrogen-bond acceptors (Lipinski definition) is 7. The van der Waals surface area contributed by atoms with Gasteiger partial charge in [0.2, 0.25) is 15.2 Å². The van der Waals surface area contributed by atoms with Gasteiger partial charge in [-0.05, 0) is 54.1 Å². The molecule has 2 aliphatic rings. The lowest BCUT2D eigenvalue weighted by Crippen LogP contribution is -2.27. The SMILES string of the molecule is O=S(=O)(c1ccc(-c2csc(N3N=C(c4cccs4)CC3c3ccc(F)cc3)n2)cc1)N1CCCC1. The van der Waals surface area contributed by atoms with E-state index in [0.717, 1.165) is 45.4 Å². The maximum Gasteiger partial charge on any atom is 0.243 e. The largest absolute Gasteiger partial charge is 0.243 e. The van der Waals surface area contributed by atoms with Gasteiger partial charge in [0.05, 0.1) is 27.2 Å². The summed E-state index contributed by atoms with van der Waals surface area (Å²) in [6.45, 7) is 1.16. The van der Waals surface area contributed by atoms with Crippen molar-refractivity contribution in [1.29, 1.82) is 0 Å². The Bertz CT molecular complexity index is 1490. The van der Waals surface area contributed by atoms with Crippen LogP contribution < -0.4 is 5.01 Å². The molecule has 184 valence electrons. The second-order valence-corrected chi connectivity index (χ2v) is 12.5. The van der Waals surface area contributed by atoms with Crippen molar-refractivity contribution in [2.75, 3.05) is 18.1 Å². The second-order valence-electron chi connectivity index (χ2n) is 8.79. The Morgan fingerprint density at radius 3 is 2.39 bits per heavy atom. The summed E-state index contributed by atoms with van der Waals surface area (Å²) >= 11 is 3.13. The first kappa shape index (κ1) is 23.5. The Hall–Kier alpha value is -2.92. The van der Waals surface area contributed by atoms with Crippen LogP contribution in [-0.4, -0.2) is 36.5 Å². The molecule has 0 radical (unpaired) electrons. The van der Waals surface area contributed by atoms with E-state index in [9.17, 15) is 12.8 Å². The van der Waals surface area contributed by atoms with Crippen molar-refractivity contribution in [3.8, 4) is 11.3 Å². The zero-order valence-corrected chi connectivity index (χ0v) is 21.7. The summed E-state index contributed by atoms with van der Waals surface area (Å²) in [6, 6.07) is 17.5.